The predicted molar refractivity (Wildman–Crippen MR) is 83.1 cm³/mol. The molecule has 0 aromatic carbocycles. The number of rotatable bonds is 7. The fourth-order valence-electron chi connectivity index (χ4n) is 1.61. The molecule has 0 spiro atoms. The number of hydrogen-bond acceptors (Lipinski definition) is 2. The van der Waals surface area contributed by atoms with E-state index in [-0.39, 0.29) is 11.0 Å². The maximum Gasteiger partial charge on any atom is 0.183 e. The molecule has 0 aromatic rings. The van der Waals surface area contributed by atoms with E-state index in [1.807, 2.05) is 23.9 Å². The van der Waals surface area contributed by atoms with Crippen LogP contribution in [-0.4, -0.2) is 31.1 Å². The Hall–Kier alpha value is -0.825. The van der Waals surface area contributed by atoms with Gasteiger partial charge in [-0.05, 0) is 39.8 Å². The van der Waals surface area contributed by atoms with Gasteiger partial charge in [0.15, 0.2) is 7.98 Å². The average molecular weight is 246 g/mol. The van der Waals surface area contributed by atoms with Crippen LogP contribution >= 0.6 is 0 Å². The van der Waals surface area contributed by atoms with Gasteiger partial charge in [-0.3, -0.25) is 4.99 Å². The quantitative estimate of drug-likeness (QED) is 0.493. The first-order valence-corrected chi connectivity index (χ1v) is 6.58. The summed E-state index contributed by atoms with van der Waals surface area (Å²) in [6.07, 6.45) is 6.66. The van der Waals surface area contributed by atoms with Crippen molar-refractivity contribution in [2.24, 2.45) is 10.4 Å². The summed E-state index contributed by atoms with van der Waals surface area (Å²) in [6.45, 7) is 17.6. The van der Waals surface area contributed by atoms with Crippen LogP contribution in [0.4, 0.5) is 0 Å². The number of nitrogens with zero attached hydrogens (tertiary/aromatic N) is 2. The van der Waals surface area contributed by atoms with Crippen molar-refractivity contribution in [2.45, 2.75) is 53.5 Å². The Kier molecular flexibility index (Phi) is 6.62. The molecule has 3 heteroatoms. The Bertz CT molecular complexity index is 327. The molecule has 0 heterocycles. The molecule has 0 amide bonds. The van der Waals surface area contributed by atoms with Gasteiger partial charge in [-0.1, -0.05) is 33.4 Å². The van der Waals surface area contributed by atoms with Gasteiger partial charge in [-0.25, -0.2) is 0 Å². The van der Waals surface area contributed by atoms with Gasteiger partial charge in [0.05, 0.1) is 0 Å². The lowest BCUT2D eigenvalue weighted by Gasteiger charge is -2.48. The highest BCUT2D eigenvalue weighted by atomic mass is 15.1. The second-order valence-corrected chi connectivity index (χ2v) is 5.63. The summed E-state index contributed by atoms with van der Waals surface area (Å²) < 4.78 is 0. The molecular weight excluding hydrogens is 219 g/mol. The third-order valence-corrected chi connectivity index (χ3v) is 3.94. The molecule has 0 bridgehead atoms. The topological polar surface area (TPSA) is 15.6 Å². The molecule has 0 N–H and O–H groups in total. The lowest BCUT2D eigenvalue weighted by Crippen LogP contribution is -2.53. The SMILES string of the molecule is [B]N(CCC)C(C)(C)C(C)(C)C(=C)N=C/C=C\C. The second kappa shape index (κ2) is 6.94. The molecule has 0 aliphatic carbocycles. The van der Waals surface area contributed by atoms with E-state index < -0.39 is 0 Å². The third kappa shape index (κ3) is 3.84. The van der Waals surface area contributed by atoms with Gasteiger partial charge in [-0.2, -0.15) is 0 Å². The Balaban J connectivity index is 5.04. The van der Waals surface area contributed by atoms with E-state index in [2.05, 4.69) is 46.2 Å². The van der Waals surface area contributed by atoms with Crippen molar-refractivity contribution >= 4 is 14.2 Å². The number of hydrogen-bond donors (Lipinski definition) is 0. The lowest BCUT2D eigenvalue weighted by atomic mass is 9.70. The second-order valence-electron chi connectivity index (χ2n) is 5.63. The normalized spacial score (nSPS) is 13.9. The van der Waals surface area contributed by atoms with Crippen molar-refractivity contribution in [3.63, 3.8) is 0 Å². The van der Waals surface area contributed by atoms with Crippen LogP contribution in [0, 0.1) is 5.41 Å². The minimum atomic E-state index is -0.201. The fraction of sp³-hybridized carbons (Fsp3) is 0.667. The van der Waals surface area contributed by atoms with Gasteiger partial charge in [-0.15, -0.1) is 0 Å². The van der Waals surface area contributed by atoms with Crippen molar-refractivity contribution in [2.75, 3.05) is 6.54 Å². The highest BCUT2D eigenvalue weighted by Gasteiger charge is 2.41. The number of allylic oxidation sites excluding steroid dienone is 2. The summed E-state index contributed by atoms with van der Waals surface area (Å²) in [5, 5.41) is 0. The summed E-state index contributed by atoms with van der Waals surface area (Å²) in [7, 11) is 6.17. The Morgan fingerprint density at radius 1 is 1.33 bits per heavy atom. The first-order valence-electron chi connectivity index (χ1n) is 6.58. The van der Waals surface area contributed by atoms with Crippen LogP contribution < -0.4 is 0 Å². The van der Waals surface area contributed by atoms with Gasteiger partial charge in [0, 0.05) is 22.9 Å². The van der Waals surface area contributed by atoms with Crippen molar-refractivity contribution in [3.05, 3.63) is 24.4 Å². The zero-order valence-electron chi connectivity index (χ0n) is 12.8. The van der Waals surface area contributed by atoms with Gasteiger partial charge in [0.25, 0.3) is 0 Å². The summed E-state index contributed by atoms with van der Waals surface area (Å²) in [4.78, 5) is 6.30. The third-order valence-electron chi connectivity index (χ3n) is 3.94. The van der Waals surface area contributed by atoms with Crippen LogP contribution in [0.2, 0.25) is 0 Å². The van der Waals surface area contributed by atoms with Crippen LogP contribution in [0.25, 0.3) is 0 Å². The van der Waals surface area contributed by atoms with Crippen LogP contribution in [0.15, 0.2) is 29.4 Å². The average Bonchev–Trinajstić information content (AvgIpc) is 2.29. The molecule has 0 atom stereocenters. The monoisotopic (exact) mass is 246 g/mol. The highest BCUT2D eigenvalue weighted by molar-refractivity contribution is 6.05. The van der Waals surface area contributed by atoms with Gasteiger partial charge < -0.3 is 4.81 Å². The van der Waals surface area contributed by atoms with Crippen LogP contribution in [0.3, 0.4) is 0 Å². The molecule has 0 aliphatic rings. The van der Waals surface area contributed by atoms with E-state index in [0.717, 1.165) is 18.7 Å². The zero-order chi connectivity index (χ0) is 14.4. The Morgan fingerprint density at radius 3 is 2.33 bits per heavy atom. The maximum absolute atomic E-state index is 6.17. The molecular formula is C15H27BN2. The summed E-state index contributed by atoms with van der Waals surface area (Å²) >= 11 is 0. The Morgan fingerprint density at radius 2 is 1.89 bits per heavy atom. The van der Waals surface area contributed by atoms with E-state index in [4.69, 9.17) is 7.98 Å². The standard InChI is InChI=1S/C15H27BN2/c1-8-10-11-17-13(3)14(4,5)15(6,7)18(16)12-9-2/h8,10-11H,3,9,12H2,1-2,4-7H3/b10-8-,17-11?. The van der Waals surface area contributed by atoms with Crippen molar-refractivity contribution in [1.82, 2.24) is 4.81 Å². The molecule has 0 unspecified atom stereocenters. The first-order chi connectivity index (χ1) is 8.21. The van der Waals surface area contributed by atoms with Crippen LogP contribution in [0.5, 0.6) is 0 Å². The molecule has 0 fully saturated rings. The molecule has 100 valence electrons. The smallest absolute Gasteiger partial charge is 0.183 e. The molecule has 0 saturated carbocycles. The van der Waals surface area contributed by atoms with Crippen molar-refractivity contribution < 1.29 is 0 Å². The Labute approximate surface area is 114 Å². The largest absolute Gasteiger partial charge is 0.348 e. The first kappa shape index (κ1) is 17.2. The zero-order valence-corrected chi connectivity index (χ0v) is 12.8. The fourth-order valence-corrected chi connectivity index (χ4v) is 1.61. The molecule has 2 radical (unpaired) electrons. The van der Waals surface area contributed by atoms with Crippen molar-refractivity contribution in [1.29, 1.82) is 0 Å². The van der Waals surface area contributed by atoms with E-state index in [9.17, 15) is 0 Å². The lowest BCUT2D eigenvalue weighted by molar-refractivity contribution is 0.105. The highest BCUT2D eigenvalue weighted by Crippen LogP contribution is 2.40. The molecule has 0 saturated heterocycles. The molecule has 0 rings (SSSR count). The molecule has 0 aromatic heterocycles. The maximum atomic E-state index is 6.17. The minimum Gasteiger partial charge on any atom is -0.348 e. The predicted octanol–water partition coefficient (Wildman–Crippen LogP) is 3.75. The van der Waals surface area contributed by atoms with E-state index >= 15 is 0 Å². The molecule has 18 heavy (non-hydrogen) atoms. The molecule has 2 nitrogen and oxygen atoms in total. The van der Waals surface area contributed by atoms with Gasteiger partial charge >= 0.3 is 0 Å². The van der Waals surface area contributed by atoms with E-state index in [1.54, 1.807) is 6.21 Å². The summed E-state index contributed by atoms with van der Waals surface area (Å²) in [6, 6.07) is 0. The van der Waals surface area contributed by atoms with E-state index in [1.165, 1.54) is 0 Å². The van der Waals surface area contributed by atoms with Gasteiger partial charge in [0.2, 0.25) is 0 Å². The molecule has 0 aliphatic heterocycles. The van der Waals surface area contributed by atoms with E-state index in [0.29, 0.717) is 0 Å². The number of aliphatic imine (C=N–C) groups is 1. The van der Waals surface area contributed by atoms with Crippen LogP contribution in [-0.2, 0) is 0 Å². The van der Waals surface area contributed by atoms with Crippen LogP contribution in [0.1, 0.15) is 48.0 Å². The summed E-state index contributed by atoms with van der Waals surface area (Å²) in [5.74, 6) is 0. The summed E-state index contributed by atoms with van der Waals surface area (Å²) in [5.41, 5.74) is 0.444. The van der Waals surface area contributed by atoms with Crippen molar-refractivity contribution in [3.8, 4) is 0 Å². The minimum absolute atomic E-state index is 0.199. The van der Waals surface area contributed by atoms with Gasteiger partial charge in [0.1, 0.15) is 0 Å².